The van der Waals surface area contributed by atoms with Gasteiger partial charge in [-0.3, -0.25) is 4.79 Å². The maximum Gasteiger partial charge on any atom is 0.261 e. The van der Waals surface area contributed by atoms with Gasteiger partial charge in [-0.05, 0) is 44.4 Å². The summed E-state index contributed by atoms with van der Waals surface area (Å²) in [7, 11) is -2.18. The summed E-state index contributed by atoms with van der Waals surface area (Å²) in [6.07, 6.45) is 4.32. The van der Waals surface area contributed by atoms with E-state index < -0.39 is 15.9 Å². The van der Waals surface area contributed by atoms with Gasteiger partial charge in [0.05, 0.1) is 23.4 Å². The smallest absolute Gasteiger partial charge is 0.261 e. The molecule has 2 aromatic rings. The molecule has 0 aliphatic carbocycles. The maximum absolute atomic E-state index is 13.1. The molecule has 0 radical (unpaired) electrons. The Hall–Kier alpha value is -2.39. The second kappa shape index (κ2) is 8.96. The molecule has 1 aliphatic heterocycles. The molecule has 0 saturated carbocycles. The molecule has 0 unspecified atom stereocenters. The van der Waals surface area contributed by atoms with Gasteiger partial charge in [-0.2, -0.15) is 4.31 Å². The summed E-state index contributed by atoms with van der Waals surface area (Å²) in [6, 6.07) is 4.52. The SMILES string of the molecule is CCc1noc(C)c1C(=O)Nc1cc(S(=O)(=O)N2CCCCCC2)ccc1OC. The highest BCUT2D eigenvalue weighted by Crippen LogP contribution is 2.30. The van der Waals surface area contributed by atoms with E-state index in [4.69, 9.17) is 9.26 Å². The largest absolute Gasteiger partial charge is 0.495 e. The first-order chi connectivity index (χ1) is 13.9. The van der Waals surface area contributed by atoms with E-state index in [1.54, 1.807) is 13.0 Å². The molecule has 2 heterocycles. The van der Waals surface area contributed by atoms with Crippen molar-refractivity contribution in [1.82, 2.24) is 9.46 Å². The summed E-state index contributed by atoms with van der Waals surface area (Å²) in [5.41, 5.74) is 1.19. The fourth-order valence-corrected chi connectivity index (χ4v) is 5.06. The van der Waals surface area contributed by atoms with Crippen LogP contribution < -0.4 is 10.1 Å². The molecule has 9 heteroatoms. The highest BCUT2D eigenvalue weighted by Gasteiger charge is 2.27. The summed E-state index contributed by atoms with van der Waals surface area (Å²) in [4.78, 5) is 13.0. The quantitative estimate of drug-likeness (QED) is 0.767. The van der Waals surface area contributed by atoms with Crippen LogP contribution in [0.4, 0.5) is 5.69 Å². The van der Waals surface area contributed by atoms with E-state index in [0.717, 1.165) is 25.7 Å². The van der Waals surface area contributed by atoms with Crippen LogP contribution in [0.15, 0.2) is 27.6 Å². The molecule has 0 spiro atoms. The number of aryl methyl sites for hydroxylation is 2. The van der Waals surface area contributed by atoms with Gasteiger partial charge in [0.25, 0.3) is 5.91 Å². The standard InChI is InChI=1S/C20H27N3O5S/c1-4-16-19(14(2)28-22-16)20(24)21-17-13-15(9-10-18(17)27-3)29(25,26)23-11-7-5-6-8-12-23/h9-10,13H,4-8,11-12H2,1-3H3,(H,21,24). The Morgan fingerprint density at radius 2 is 1.93 bits per heavy atom. The molecule has 29 heavy (non-hydrogen) atoms. The highest BCUT2D eigenvalue weighted by atomic mass is 32.2. The van der Waals surface area contributed by atoms with Crippen molar-refractivity contribution in [2.45, 2.75) is 50.8 Å². The molecule has 1 aromatic heterocycles. The third kappa shape index (κ3) is 4.45. The van der Waals surface area contributed by atoms with Gasteiger partial charge in [0.15, 0.2) is 0 Å². The van der Waals surface area contributed by atoms with E-state index in [0.29, 0.717) is 42.3 Å². The van der Waals surface area contributed by atoms with Crippen LogP contribution in [0.5, 0.6) is 5.75 Å². The average Bonchev–Trinajstić information content (AvgIpc) is 2.90. The molecule has 3 rings (SSSR count). The number of carbonyl (C=O) groups is 1. The summed E-state index contributed by atoms with van der Waals surface area (Å²) >= 11 is 0. The Kier molecular flexibility index (Phi) is 6.59. The predicted molar refractivity (Wildman–Crippen MR) is 109 cm³/mol. The number of rotatable bonds is 6. The second-order valence-corrected chi connectivity index (χ2v) is 8.99. The van der Waals surface area contributed by atoms with Crippen molar-refractivity contribution in [3.05, 3.63) is 35.2 Å². The highest BCUT2D eigenvalue weighted by molar-refractivity contribution is 7.89. The number of benzene rings is 1. The van der Waals surface area contributed by atoms with Gasteiger partial charge in [-0.1, -0.05) is 24.9 Å². The van der Waals surface area contributed by atoms with Crippen LogP contribution in [-0.2, 0) is 16.4 Å². The van der Waals surface area contributed by atoms with Crippen LogP contribution in [0, 0.1) is 6.92 Å². The fraction of sp³-hybridized carbons (Fsp3) is 0.500. The van der Waals surface area contributed by atoms with Crippen molar-refractivity contribution in [2.75, 3.05) is 25.5 Å². The first kappa shape index (κ1) is 21.3. The Labute approximate surface area is 171 Å². The predicted octanol–water partition coefficient (Wildman–Crippen LogP) is 3.37. The van der Waals surface area contributed by atoms with E-state index in [9.17, 15) is 13.2 Å². The van der Waals surface area contributed by atoms with Crippen molar-refractivity contribution in [3.8, 4) is 5.75 Å². The van der Waals surface area contributed by atoms with Crippen LogP contribution >= 0.6 is 0 Å². The van der Waals surface area contributed by atoms with E-state index in [2.05, 4.69) is 10.5 Å². The van der Waals surface area contributed by atoms with Crippen molar-refractivity contribution >= 4 is 21.6 Å². The first-order valence-corrected chi connectivity index (χ1v) is 11.3. The molecular weight excluding hydrogens is 394 g/mol. The molecule has 1 saturated heterocycles. The zero-order valence-electron chi connectivity index (χ0n) is 17.0. The van der Waals surface area contributed by atoms with Gasteiger partial charge in [-0.15, -0.1) is 0 Å². The molecule has 1 amide bonds. The summed E-state index contributed by atoms with van der Waals surface area (Å²) in [5, 5.41) is 6.66. The number of hydrogen-bond acceptors (Lipinski definition) is 6. The number of anilines is 1. The van der Waals surface area contributed by atoms with Crippen LogP contribution in [0.2, 0.25) is 0 Å². The van der Waals surface area contributed by atoms with E-state index in [-0.39, 0.29) is 10.6 Å². The Bertz CT molecular complexity index is 976. The third-order valence-electron chi connectivity index (χ3n) is 5.12. The number of amides is 1. The molecule has 0 atom stereocenters. The number of aromatic nitrogens is 1. The van der Waals surface area contributed by atoms with Crippen molar-refractivity contribution in [1.29, 1.82) is 0 Å². The minimum atomic E-state index is -3.65. The Balaban J connectivity index is 1.93. The fourth-order valence-electron chi connectivity index (χ4n) is 3.51. The van der Waals surface area contributed by atoms with Gasteiger partial charge in [-0.25, -0.2) is 8.42 Å². The monoisotopic (exact) mass is 421 g/mol. The van der Waals surface area contributed by atoms with Gasteiger partial charge in [0, 0.05) is 13.1 Å². The summed E-state index contributed by atoms with van der Waals surface area (Å²) in [5.74, 6) is 0.371. The van der Waals surface area contributed by atoms with E-state index in [1.165, 1.54) is 23.5 Å². The number of carbonyl (C=O) groups excluding carboxylic acids is 1. The lowest BCUT2D eigenvalue weighted by Gasteiger charge is -2.21. The molecule has 0 bridgehead atoms. The second-order valence-electron chi connectivity index (χ2n) is 7.05. The number of ether oxygens (including phenoxy) is 1. The van der Waals surface area contributed by atoms with Gasteiger partial charge in [0.1, 0.15) is 17.1 Å². The zero-order valence-corrected chi connectivity index (χ0v) is 17.8. The van der Waals surface area contributed by atoms with Gasteiger partial charge >= 0.3 is 0 Å². The first-order valence-electron chi connectivity index (χ1n) is 9.83. The Morgan fingerprint density at radius 1 is 1.24 bits per heavy atom. The van der Waals surface area contributed by atoms with Crippen molar-refractivity contribution < 1.29 is 22.5 Å². The van der Waals surface area contributed by atoms with E-state index >= 15 is 0 Å². The maximum atomic E-state index is 13.1. The Morgan fingerprint density at radius 3 is 2.55 bits per heavy atom. The van der Waals surface area contributed by atoms with Crippen molar-refractivity contribution in [3.63, 3.8) is 0 Å². The molecular formula is C20H27N3O5S. The lowest BCUT2D eigenvalue weighted by molar-refractivity contribution is 0.102. The lowest BCUT2D eigenvalue weighted by atomic mass is 10.1. The minimum Gasteiger partial charge on any atom is -0.495 e. The zero-order chi connectivity index (χ0) is 21.0. The summed E-state index contributed by atoms with van der Waals surface area (Å²) in [6.45, 7) is 4.56. The van der Waals surface area contributed by atoms with Crippen LogP contribution in [0.3, 0.4) is 0 Å². The molecule has 158 valence electrons. The normalized spacial score (nSPS) is 15.7. The number of methoxy groups -OCH3 is 1. The molecule has 1 aromatic carbocycles. The summed E-state index contributed by atoms with van der Waals surface area (Å²) < 4.78 is 38.2. The number of nitrogens with zero attached hydrogens (tertiary/aromatic N) is 2. The third-order valence-corrected chi connectivity index (χ3v) is 7.01. The number of nitrogens with one attached hydrogen (secondary N) is 1. The lowest BCUT2D eigenvalue weighted by Crippen LogP contribution is -2.32. The molecule has 8 nitrogen and oxygen atoms in total. The average molecular weight is 422 g/mol. The van der Waals surface area contributed by atoms with Gasteiger partial charge < -0.3 is 14.6 Å². The number of sulfonamides is 1. The molecule has 1 fully saturated rings. The van der Waals surface area contributed by atoms with Gasteiger partial charge in [0.2, 0.25) is 10.0 Å². The van der Waals surface area contributed by atoms with Crippen LogP contribution in [-0.4, -0.2) is 44.0 Å². The van der Waals surface area contributed by atoms with E-state index in [1.807, 2.05) is 6.92 Å². The molecule has 1 aliphatic rings. The van der Waals surface area contributed by atoms with Crippen molar-refractivity contribution in [2.24, 2.45) is 0 Å². The number of hydrogen-bond donors (Lipinski definition) is 1. The topological polar surface area (TPSA) is 102 Å². The van der Waals surface area contributed by atoms with Crippen LogP contribution in [0.1, 0.15) is 54.4 Å². The van der Waals surface area contributed by atoms with Crippen LogP contribution in [0.25, 0.3) is 0 Å². The molecule has 1 N–H and O–H groups in total. The minimum absolute atomic E-state index is 0.133.